The summed E-state index contributed by atoms with van der Waals surface area (Å²) in [6, 6.07) is 1.66. The van der Waals surface area contributed by atoms with Crippen LogP contribution in [0, 0.1) is 10.1 Å². The molecule has 10 heteroatoms. The highest BCUT2D eigenvalue weighted by atomic mass is 19.3. The van der Waals surface area contributed by atoms with Crippen LogP contribution in [0.25, 0.3) is 0 Å². The van der Waals surface area contributed by atoms with Crippen LogP contribution in [-0.2, 0) is 0 Å². The summed E-state index contributed by atoms with van der Waals surface area (Å²) >= 11 is 0. The van der Waals surface area contributed by atoms with Crippen LogP contribution in [0.2, 0.25) is 0 Å². The fourth-order valence-corrected chi connectivity index (χ4v) is 1.07. The third-order valence-corrected chi connectivity index (χ3v) is 1.90. The van der Waals surface area contributed by atoms with Gasteiger partial charge in [0, 0.05) is 6.07 Å². The number of rotatable bonds is 5. The van der Waals surface area contributed by atoms with Crippen molar-refractivity contribution < 1.29 is 37.1 Å². The maximum Gasteiger partial charge on any atom is 0.461 e. The Balaban J connectivity index is 3.21. The number of benzene rings is 1. The lowest BCUT2D eigenvalue weighted by molar-refractivity contribution is -0.387. The highest BCUT2D eigenvalue weighted by Gasteiger charge is 2.45. The molecule has 0 aliphatic rings. The number of halogens is 4. The molecule has 0 saturated heterocycles. The van der Waals surface area contributed by atoms with Crippen LogP contribution < -0.4 is 4.74 Å². The zero-order chi connectivity index (χ0) is 14.8. The molecule has 6 nitrogen and oxygen atoms in total. The van der Waals surface area contributed by atoms with Crippen LogP contribution in [0.4, 0.5) is 23.2 Å². The first-order valence-corrected chi connectivity index (χ1v) is 4.52. The smallest absolute Gasteiger partial charge is 0.461 e. The molecule has 0 aromatic heterocycles. The van der Waals surface area contributed by atoms with E-state index in [1.54, 1.807) is 0 Å². The predicted molar refractivity (Wildman–Crippen MR) is 51.6 cm³/mol. The number of carbonyl (C=O) groups is 1. The molecule has 0 saturated carbocycles. The zero-order valence-corrected chi connectivity index (χ0v) is 8.85. The van der Waals surface area contributed by atoms with Gasteiger partial charge in [0.05, 0.1) is 10.5 Å². The van der Waals surface area contributed by atoms with Gasteiger partial charge in [0.2, 0.25) is 5.75 Å². The lowest BCUT2D eigenvalue weighted by Gasteiger charge is -2.16. The minimum Gasteiger partial charge on any atom is -0.478 e. The van der Waals surface area contributed by atoms with Crippen LogP contribution in [-0.4, -0.2) is 28.5 Å². The lowest BCUT2D eigenvalue weighted by atomic mass is 10.2. The number of nitro groups is 1. The summed E-state index contributed by atoms with van der Waals surface area (Å²) in [4.78, 5) is 19.9. The second-order valence-corrected chi connectivity index (χ2v) is 3.21. The molecule has 0 heterocycles. The highest BCUT2D eigenvalue weighted by molar-refractivity contribution is 5.88. The van der Waals surface area contributed by atoms with Gasteiger partial charge in [-0.1, -0.05) is 0 Å². The third kappa shape index (κ3) is 3.30. The van der Waals surface area contributed by atoms with E-state index in [0.717, 1.165) is 0 Å². The minimum atomic E-state index is -4.92. The molecule has 0 unspecified atom stereocenters. The van der Waals surface area contributed by atoms with Gasteiger partial charge in [-0.2, -0.15) is 17.6 Å². The van der Waals surface area contributed by atoms with E-state index >= 15 is 0 Å². The Morgan fingerprint density at radius 2 is 2.00 bits per heavy atom. The van der Waals surface area contributed by atoms with E-state index in [9.17, 15) is 32.5 Å². The summed E-state index contributed by atoms with van der Waals surface area (Å²) in [6.45, 7) is 0. The first-order chi connectivity index (χ1) is 8.65. The van der Waals surface area contributed by atoms with Crippen LogP contribution in [0.5, 0.6) is 5.75 Å². The van der Waals surface area contributed by atoms with Crippen LogP contribution in [0.3, 0.4) is 0 Å². The second kappa shape index (κ2) is 5.08. The van der Waals surface area contributed by atoms with E-state index in [2.05, 4.69) is 4.74 Å². The maximum absolute atomic E-state index is 12.6. The van der Waals surface area contributed by atoms with Gasteiger partial charge in [0.15, 0.2) is 0 Å². The first kappa shape index (κ1) is 14.7. The quantitative estimate of drug-likeness (QED) is 0.509. The molecule has 1 aromatic rings. The van der Waals surface area contributed by atoms with Crippen LogP contribution >= 0.6 is 0 Å². The third-order valence-electron chi connectivity index (χ3n) is 1.90. The molecule has 0 aliphatic heterocycles. The number of hydrogen-bond acceptors (Lipinski definition) is 4. The van der Waals surface area contributed by atoms with E-state index in [4.69, 9.17) is 5.11 Å². The topological polar surface area (TPSA) is 89.7 Å². The monoisotopic (exact) mass is 283 g/mol. The van der Waals surface area contributed by atoms with Crippen molar-refractivity contribution in [3.63, 3.8) is 0 Å². The summed E-state index contributed by atoms with van der Waals surface area (Å²) in [7, 11) is 0. The Morgan fingerprint density at radius 1 is 1.42 bits per heavy atom. The van der Waals surface area contributed by atoms with Gasteiger partial charge in [-0.05, 0) is 12.1 Å². The standard InChI is InChI=1S/C9H5F4NO5/c10-8(11)9(12,13)19-6-2-1-4(7(15)16)3-5(6)14(17)18/h1-3,8H,(H,15,16). The summed E-state index contributed by atoms with van der Waals surface area (Å²) in [6.07, 6.45) is -9.11. The lowest BCUT2D eigenvalue weighted by Crippen LogP contribution is -2.33. The molecule has 0 atom stereocenters. The molecule has 1 N–H and O–H groups in total. The molecule has 0 aliphatic carbocycles. The molecule has 19 heavy (non-hydrogen) atoms. The van der Waals surface area contributed by atoms with E-state index in [-0.39, 0.29) is 0 Å². The van der Waals surface area contributed by atoms with Crippen molar-refractivity contribution in [2.75, 3.05) is 0 Å². The fourth-order valence-electron chi connectivity index (χ4n) is 1.07. The number of hydrogen-bond donors (Lipinski definition) is 1. The van der Waals surface area contributed by atoms with Crippen LogP contribution in [0.1, 0.15) is 10.4 Å². The van der Waals surface area contributed by atoms with Crippen molar-refractivity contribution in [1.82, 2.24) is 0 Å². The van der Waals surface area contributed by atoms with E-state index in [1.807, 2.05) is 0 Å². The van der Waals surface area contributed by atoms with Crippen LogP contribution in [0.15, 0.2) is 18.2 Å². The van der Waals surface area contributed by atoms with Crippen molar-refractivity contribution in [2.45, 2.75) is 12.5 Å². The number of carboxylic acid groups (broad SMARTS) is 1. The molecule has 0 fully saturated rings. The molecule has 0 amide bonds. The number of alkyl halides is 4. The summed E-state index contributed by atoms with van der Waals surface area (Å²) < 4.78 is 52.6. The normalized spacial score (nSPS) is 11.4. The van der Waals surface area contributed by atoms with Crippen molar-refractivity contribution in [1.29, 1.82) is 0 Å². The summed E-state index contributed by atoms with van der Waals surface area (Å²) in [5.41, 5.74) is -1.72. The zero-order valence-electron chi connectivity index (χ0n) is 8.85. The van der Waals surface area contributed by atoms with Crippen molar-refractivity contribution >= 4 is 11.7 Å². The molecule has 1 rings (SSSR count). The number of carboxylic acids is 1. The first-order valence-electron chi connectivity index (χ1n) is 4.52. The molecule has 104 valence electrons. The minimum absolute atomic E-state index is 0.430. The van der Waals surface area contributed by atoms with E-state index < -0.39 is 40.4 Å². The molecular weight excluding hydrogens is 278 g/mol. The Hall–Kier alpha value is -2.39. The van der Waals surface area contributed by atoms with Gasteiger partial charge in [-0.25, -0.2) is 4.79 Å². The molecule has 0 bridgehead atoms. The Labute approximate surface area is 102 Å². The summed E-state index contributed by atoms with van der Waals surface area (Å²) in [5.74, 6) is -2.70. The number of aromatic carboxylic acids is 1. The average Bonchev–Trinajstić information content (AvgIpc) is 2.28. The van der Waals surface area contributed by atoms with Gasteiger partial charge in [-0.15, -0.1) is 0 Å². The largest absolute Gasteiger partial charge is 0.478 e. The number of nitro benzene ring substituents is 1. The molecular formula is C9H5F4NO5. The number of ether oxygens (including phenoxy) is 1. The van der Waals surface area contributed by atoms with Crippen molar-refractivity contribution in [3.05, 3.63) is 33.9 Å². The second-order valence-electron chi connectivity index (χ2n) is 3.21. The Bertz CT molecular complexity index is 519. The predicted octanol–water partition coefficient (Wildman–Crippen LogP) is 2.53. The van der Waals surface area contributed by atoms with E-state index in [0.29, 0.717) is 18.2 Å². The van der Waals surface area contributed by atoms with Gasteiger partial charge in [-0.3, -0.25) is 10.1 Å². The van der Waals surface area contributed by atoms with Crippen molar-refractivity contribution in [2.24, 2.45) is 0 Å². The molecule has 0 radical (unpaired) electrons. The number of nitrogens with zero attached hydrogens (tertiary/aromatic N) is 1. The van der Waals surface area contributed by atoms with Gasteiger partial charge < -0.3 is 9.84 Å². The average molecular weight is 283 g/mol. The SMILES string of the molecule is O=C(O)c1ccc(OC(F)(F)C(F)F)c([N+](=O)[O-])c1. The Kier molecular flexibility index (Phi) is 3.92. The molecule has 0 spiro atoms. The molecule has 1 aromatic carbocycles. The van der Waals surface area contributed by atoms with Gasteiger partial charge >= 0.3 is 24.2 Å². The highest BCUT2D eigenvalue weighted by Crippen LogP contribution is 2.34. The fraction of sp³-hybridized carbons (Fsp3) is 0.222. The van der Waals surface area contributed by atoms with Gasteiger partial charge in [0.25, 0.3) is 0 Å². The van der Waals surface area contributed by atoms with Gasteiger partial charge in [0.1, 0.15) is 0 Å². The van der Waals surface area contributed by atoms with Crippen molar-refractivity contribution in [3.8, 4) is 5.75 Å². The Morgan fingerprint density at radius 3 is 2.42 bits per heavy atom. The van der Waals surface area contributed by atoms with E-state index in [1.165, 1.54) is 0 Å². The summed E-state index contributed by atoms with van der Waals surface area (Å²) in [5, 5.41) is 19.1. The maximum atomic E-state index is 12.6.